The second-order valence-corrected chi connectivity index (χ2v) is 3.65. The van der Waals surface area contributed by atoms with Gasteiger partial charge in [0.15, 0.2) is 11.3 Å². The Kier molecular flexibility index (Phi) is 5.46. The van der Waals surface area contributed by atoms with Gasteiger partial charge in [-0.2, -0.15) is 0 Å². The third-order valence-electron chi connectivity index (χ3n) is 1.50. The predicted octanol–water partition coefficient (Wildman–Crippen LogP) is 1.82. The molecule has 0 aromatic rings. The Morgan fingerprint density at radius 2 is 2.00 bits per heavy atom. The maximum absolute atomic E-state index is 11.1. The molecule has 0 spiro atoms. The molecule has 13 heavy (non-hydrogen) atoms. The van der Waals surface area contributed by atoms with Crippen LogP contribution in [0.1, 0.15) is 26.7 Å². The molecular weight excluding hydrogens is 194 g/mol. The van der Waals surface area contributed by atoms with E-state index in [9.17, 15) is 9.59 Å². The minimum Gasteiger partial charge on any atom is -0.465 e. The maximum Gasteiger partial charge on any atom is 0.406 e. The average molecular weight is 208 g/mol. The number of carbonyl (C=O) groups excluding carboxylic acids is 1. The lowest BCUT2D eigenvalue weighted by Gasteiger charge is -2.08. The number of hydrogen-bond donors (Lipinski definition) is 2. The van der Waals surface area contributed by atoms with Crippen LogP contribution in [-0.4, -0.2) is 22.5 Å². The van der Waals surface area contributed by atoms with Crippen molar-refractivity contribution in [2.45, 2.75) is 32.2 Å². The molecule has 0 heterocycles. The van der Waals surface area contributed by atoms with Crippen molar-refractivity contribution < 1.29 is 14.7 Å². The smallest absolute Gasteiger partial charge is 0.406 e. The van der Waals surface area contributed by atoms with E-state index in [1.54, 1.807) is 0 Å². The first-order valence-corrected chi connectivity index (χ1v) is 4.53. The summed E-state index contributed by atoms with van der Waals surface area (Å²) >= 11 is 5.47. The molecular formula is C8H14ClNO3. The van der Waals surface area contributed by atoms with E-state index in [0.717, 1.165) is 6.42 Å². The second kappa shape index (κ2) is 5.80. The van der Waals surface area contributed by atoms with E-state index < -0.39 is 11.6 Å². The first-order valence-electron chi connectivity index (χ1n) is 4.09. The Labute approximate surface area is 82.3 Å². The fourth-order valence-electron chi connectivity index (χ4n) is 0.747. The molecule has 0 aromatic heterocycles. The zero-order valence-electron chi connectivity index (χ0n) is 7.71. The lowest BCUT2D eigenvalue weighted by atomic mass is 10.1. The number of rotatable bonds is 5. The normalized spacial score (nSPS) is 12.6. The fourth-order valence-corrected chi connectivity index (χ4v) is 0.949. The third-order valence-corrected chi connectivity index (χ3v) is 1.85. The van der Waals surface area contributed by atoms with Gasteiger partial charge in [-0.25, -0.2) is 4.79 Å². The molecule has 2 N–H and O–H groups in total. The highest BCUT2D eigenvalue weighted by molar-refractivity contribution is 6.31. The summed E-state index contributed by atoms with van der Waals surface area (Å²) in [5, 5.41) is 10.2. The van der Waals surface area contributed by atoms with Crippen LogP contribution < -0.4 is 5.32 Å². The number of carboxylic acid groups (broad SMARTS) is 1. The van der Waals surface area contributed by atoms with E-state index in [0.29, 0.717) is 12.3 Å². The van der Waals surface area contributed by atoms with Gasteiger partial charge in [-0.1, -0.05) is 25.4 Å². The van der Waals surface area contributed by atoms with Crippen molar-refractivity contribution in [3.8, 4) is 0 Å². The SMILES string of the molecule is CC(C)CCC(=O)[C@H](Cl)NC(=O)O. The Bertz CT molecular complexity index is 194. The van der Waals surface area contributed by atoms with Gasteiger partial charge in [0.2, 0.25) is 0 Å². The van der Waals surface area contributed by atoms with E-state index in [4.69, 9.17) is 16.7 Å². The highest BCUT2D eigenvalue weighted by Gasteiger charge is 2.16. The van der Waals surface area contributed by atoms with Crippen molar-refractivity contribution in [2.24, 2.45) is 5.92 Å². The monoisotopic (exact) mass is 207 g/mol. The van der Waals surface area contributed by atoms with Gasteiger partial charge in [0.1, 0.15) is 0 Å². The van der Waals surface area contributed by atoms with Crippen LogP contribution >= 0.6 is 11.6 Å². The topological polar surface area (TPSA) is 66.4 Å². The highest BCUT2D eigenvalue weighted by Crippen LogP contribution is 2.07. The quantitative estimate of drug-likeness (QED) is 0.534. The van der Waals surface area contributed by atoms with Crippen LogP contribution in [0.15, 0.2) is 0 Å². The molecule has 0 aliphatic rings. The first-order chi connectivity index (χ1) is 5.93. The van der Waals surface area contributed by atoms with Crippen LogP contribution in [0.5, 0.6) is 0 Å². The standard InChI is InChI=1S/C8H14ClNO3/c1-5(2)3-4-6(11)7(9)10-8(12)13/h5,7,10H,3-4H2,1-2H3,(H,12,13)/t7-/m1/s1. The number of halogens is 1. The molecule has 76 valence electrons. The van der Waals surface area contributed by atoms with Crippen LogP contribution in [-0.2, 0) is 4.79 Å². The van der Waals surface area contributed by atoms with Gasteiger partial charge in [0.05, 0.1) is 0 Å². The Balaban J connectivity index is 3.76. The summed E-state index contributed by atoms with van der Waals surface area (Å²) in [5.74, 6) is 0.135. The molecule has 1 amide bonds. The molecule has 0 aromatic carbocycles. The molecule has 0 fully saturated rings. The summed E-state index contributed by atoms with van der Waals surface area (Å²) in [4.78, 5) is 21.2. The molecule has 0 bridgehead atoms. The number of hydrogen-bond acceptors (Lipinski definition) is 2. The van der Waals surface area contributed by atoms with E-state index >= 15 is 0 Å². The number of amides is 1. The van der Waals surface area contributed by atoms with E-state index in [1.807, 2.05) is 19.2 Å². The molecule has 5 heteroatoms. The van der Waals surface area contributed by atoms with Crippen molar-refractivity contribution in [3.63, 3.8) is 0 Å². The Morgan fingerprint density at radius 3 is 2.38 bits per heavy atom. The maximum atomic E-state index is 11.1. The minimum absolute atomic E-state index is 0.280. The number of Topliss-reactive ketones (excluding diaryl/α,β-unsaturated/α-hetero) is 1. The van der Waals surface area contributed by atoms with Crippen LogP contribution in [0.3, 0.4) is 0 Å². The highest BCUT2D eigenvalue weighted by atomic mass is 35.5. The molecule has 0 aliphatic heterocycles. The summed E-state index contributed by atoms with van der Waals surface area (Å²) in [7, 11) is 0. The average Bonchev–Trinajstić information content (AvgIpc) is 1.98. The fraction of sp³-hybridized carbons (Fsp3) is 0.750. The molecule has 0 aliphatic carbocycles. The third kappa shape index (κ3) is 6.40. The molecule has 0 rings (SSSR count). The summed E-state index contributed by atoms with van der Waals surface area (Å²) in [5.41, 5.74) is -1.11. The number of nitrogens with one attached hydrogen (secondary N) is 1. The van der Waals surface area contributed by atoms with Crippen LogP contribution in [0, 0.1) is 5.92 Å². The number of carbonyl (C=O) groups is 2. The first kappa shape index (κ1) is 12.2. The van der Waals surface area contributed by atoms with Gasteiger partial charge >= 0.3 is 6.09 Å². The van der Waals surface area contributed by atoms with E-state index in [2.05, 4.69) is 0 Å². The van der Waals surface area contributed by atoms with Gasteiger partial charge in [-0.05, 0) is 12.3 Å². The van der Waals surface area contributed by atoms with Crippen molar-refractivity contribution in [2.75, 3.05) is 0 Å². The van der Waals surface area contributed by atoms with Gasteiger partial charge < -0.3 is 5.11 Å². The number of ketones is 1. The van der Waals surface area contributed by atoms with Crippen LogP contribution in [0.4, 0.5) is 4.79 Å². The summed E-state index contributed by atoms with van der Waals surface area (Å²) in [6, 6.07) is 0. The predicted molar refractivity (Wildman–Crippen MR) is 49.9 cm³/mol. The van der Waals surface area contributed by atoms with Crippen molar-refractivity contribution in [1.29, 1.82) is 0 Å². The molecule has 0 radical (unpaired) electrons. The van der Waals surface area contributed by atoms with Crippen LogP contribution in [0.25, 0.3) is 0 Å². The van der Waals surface area contributed by atoms with Gasteiger partial charge in [0, 0.05) is 6.42 Å². The Morgan fingerprint density at radius 1 is 1.46 bits per heavy atom. The van der Waals surface area contributed by atoms with Crippen molar-refractivity contribution in [3.05, 3.63) is 0 Å². The van der Waals surface area contributed by atoms with Gasteiger partial charge in [-0.15, -0.1) is 0 Å². The van der Waals surface area contributed by atoms with Crippen molar-refractivity contribution in [1.82, 2.24) is 5.32 Å². The number of alkyl halides is 1. The molecule has 0 unspecified atom stereocenters. The molecule has 1 atom stereocenters. The molecule has 0 saturated heterocycles. The molecule has 0 saturated carbocycles. The molecule has 4 nitrogen and oxygen atoms in total. The second-order valence-electron chi connectivity index (χ2n) is 3.21. The van der Waals surface area contributed by atoms with E-state index in [1.165, 1.54) is 0 Å². The van der Waals surface area contributed by atoms with Gasteiger partial charge in [0.25, 0.3) is 0 Å². The van der Waals surface area contributed by atoms with E-state index in [-0.39, 0.29) is 5.78 Å². The summed E-state index contributed by atoms with van der Waals surface area (Å²) < 4.78 is 0. The van der Waals surface area contributed by atoms with Crippen LogP contribution in [0.2, 0.25) is 0 Å². The lowest BCUT2D eigenvalue weighted by Crippen LogP contribution is -2.35. The minimum atomic E-state index is -1.28. The lowest BCUT2D eigenvalue weighted by molar-refractivity contribution is -0.119. The van der Waals surface area contributed by atoms with Crippen molar-refractivity contribution >= 4 is 23.5 Å². The summed E-state index contributed by atoms with van der Waals surface area (Å²) in [6.45, 7) is 3.97. The largest absolute Gasteiger partial charge is 0.465 e. The zero-order chi connectivity index (χ0) is 10.4. The Hall–Kier alpha value is -0.770. The van der Waals surface area contributed by atoms with Gasteiger partial charge in [-0.3, -0.25) is 10.1 Å². The summed E-state index contributed by atoms with van der Waals surface area (Å²) in [6.07, 6.45) is -0.243. The zero-order valence-corrected chi connectivity index (χ0v) is 8.47.